The van der Waals surface area contributed by atoms with E-state index >= 15 is 0 Å². The van der Waals surface area contributed by atoms with Crippen LogP contribution in [0.25, 0.3) is 0 Å². The van der Waals surface area contributed by atoms with Crippen LogP contribution in [0, 0.1) is 17.2 Å². The summed E-state index contributed by atoms with van der Waals surface area (Å²) in [5, 5.41) is 9.08. The maximum absolute atomic E-state index is 11.4. The van der Waals surface area contributed by atoms with E-state index < -0.39 is 0 Å². The molecule has 1 saturated heterocycles. The van der Waals surface area contributed by atoms with Crippen LogP contribution in [0.1, 0.15) is 18.4 Å². The van der Waals surface area contributed by atoms with Gasteiger partial charge in [-0.05, 0) is 25.0 Å². The topological polar surface area (TPSA) is 53.3 Å². The van der Waals surface area contributed by atoms with Crippen molar-refractivity contribution in [2.75, 3.05) is 25.1 Å². The van der Waals surface area contributed by atoms with Crippen molar-refractivity contribution in [2.45, 2.75) is 12.8 Å². The predicted molar refractivity (Wildman–Crippen MR) is 68.1 cm³/mol. The summed E-state index contributed by atoms with van der Waals surface area (Å²) in [5.41, 5.74) is 1.65. The first-order valence-electron chi connectivity index (χ1n) is 6.08. The highest BCUT2D eigenvalue weighted by Gasteiger charge is 2.26. The zero-order chi connectivity index (χ0) is 13.0. The molecule has 0 radical (unpaired) electrons. The van der Waals surface area contributed by atoms with Crippen molar-refractivity contribution in [3.8, 4) is 6.07 Å². The van der Waals surface area contributed by atoms with Gasteiger partial charge in [-0.3, -0.25) is 4.79 Å². The number of benzene rings is 1. The third-order valence-electron chi connectivity index (χ3n) is 3.39. The molecule has 0 aromatic heterocycles. The summed E-state index contributed by atoms with van der Waals surface area (Å²) in [6.07, 6.45) is 1.57. The molecule has 1 heterocycles. The predicted octanol–water partition coefficient (Wildman–Crippen LogP) is 1.95. The second-order valence-corrected chi connectivity index (χ2v) is 4.41. The molecule has 0 spiro atoms. The fourth-order valence-electron chi connectivity index (χ4n) is 2.37. The second kappa shape index (κ2) is 5.54. The SMILES string of the molecule is COC(=O)C1CCN(c2ccccc2C#N)CC1. The summed E-state index contributed by atoms with van der Waals surface area (Å²) in [7, 11) is 1.43. The Hall–Kier alpha value is -2.02. The molecule has 1 aromatic carbocycles. The molecular weight excluding hydrogens is 228 g/mol. The molecule has 1 aliphatic rings. The first-order valence-corrected chi connectivity index (χ1v) is 6.08. The number of piperidine rings is 1. The molecule has 1 aromatic rings. The van der Waals surface area contributed by atoms with Crippen molar-refractivity contribution < 1.29 is 9.53 Å². The number of nitrogens with zero attached hydrogens (tertiary/aromatic N) is 2. The molecule has 0 aliphatic carbocycles. The second-order valence-electron chi connectivity index (χ2n) is 4.41. The van der Waals surface area contributed by atoms with E-state index in [9.17, 15) is 4.79 Å². The zero-order valence-electron chi connectivity index (χ0n) is 10.4. The number of anilines is 1. The Bertz CT molecular complexity index is 471. The number of carbonyl (C=O) groups is 1. The minimum Gasteiger partial charge on any atom is -0.469 e. The first-order chi connectivity index (χ1) is 8.76. The molecule has 94 valence electrons. The summed E-state index contributed by atoms with van der Waals surface area (Å²) < 4.78 is 4.77. The fraction of sp³-hybridized carbons (Fsp3) is 0.429. The number of para-hydroxylation sites is 1. The van der Waals surface area contributed by atoms with E-state index in [0.29, 0.717) is 5.56 Å². The standard InChI is InChI=1S/C14H16N2O2/c1-18-14(17)11-6-8-16(9-7-11)13-5-3-2-4-12(13)10-15/h2-5,11H,6-9H2,1H3. The van der Waals surface area contributed by atoms with Gasteiger partial charge in [-0.25, -0.2) is 0 Å². The number of esters is 1. The molecule has 1 aliphatic heterocycles. The molecule has 0 N–H and O–H groups in total. The largest absolute Gasteiger partial charge is 0.469 e. The summed E-state index contributed by atoms with van der Waals surface area (Å²) in [4.78, 5) is 13.6. The highest BCUT2D eigenvalue weighted by atomic mass is 16.5. The van der Waals surface area contributed by atoms with Gasteiger partial charge in [0.05, 0.1) is 24.3 Å². The molecule has 4 heteroatoms. The third-order valence-corrected chi connectivity index (χ3v) is 3.39. The highest BCUT2D eigenvalue weighted by molar-refractivity contribution is 5.73. The van der Waals surface area contributed by atoms with Gasteiger partial charge in [0, 0.05) is 13.1 Å². The number of nitriles is 1. The molecule has 2 rings (SSSR count). The van der Waals surface area contributed by atoms with Gasteiger partial charge in [0.1, 0.15) is 6.07 Å². The van der Waals surface area contributed by atoms with Gasteiger partial charge in [0.15, 0.2) is 0 Å². The summed E-state index contributed by atoms with van der Waals surface area (Å²) in [5.74, 6) is -0.122. The van der Waals surface area contributed by atoms with Crippen LogP contribution >= 0.6 is 0 Å². The van der Waals surface area contributed by atoms with Gasteiger partial charge in [-0.2, -0.15) is 5.26 Å². The maximum Gasteiger partial charge on any atom is 0.308 e. The number of methoxy groups -OCH3 is 1. The van der Waals surface area contributed by atoms with Crippen molar-refractivity contribution in [3.05, 3.63) is 29.8 Å². The van der Waals surface area contributed by atoms with Crippen molar-refractivity contribution in [1.82, 2.24) is 0 Å². The van der Waals surface area contributed by atoms with Crippen LogP contribution in [-0.4, -0.2) is 26.2 Å². The van der Waals surface area contributed by atoms with Gasteiger partial charge in [-0.15, -0.1) is 0 Å². The van der Waals surface area contributed by atoms with E-state index in [4.69, 9.17) is 10.00 Å². The van der Waals surface area contributed by atoms with E-state index in [2.05, 4.69) is 11.0 Å². The Labute approximate surface area is 107 Å². The maximum atomic E-state index is 11.4. The smallest absolute Gasteiger partial charge is 0.308 e. The Morgan fingerprint density at radius 3 is 2.67 bits per heavy atom. The molecule has 0 saturated carbocycles. The fourth-order valence-corrected chi connectivity index (χ4v) is 2.37. The van der Waals surface area contributed by atoms with E-state index in [-0.39, 0.29) is 11.9 Å². The van der Waals surface area contributed by atoms with Crippen molar-refractivity contribution in [2.24, 2.45) is 5.92 Å². The van der Waals surface area contributed by atoms with Gasteiger partial charge in [0.2, 0.25) is 0 Å². The van der Waals surface area contributed by atoms with Gasteiger partial charge in [0.25, 0.3) is 0 Å². The Kier molecular flexibility index (Phi) is 3.83. The van der Waals surface area contributed by atoms with Crippen LogP contribution in [0.4, 0.5) is 5.69 Å². The lowest BCUT2D eigenvalue weighted by Crippen LogP contribution is -2.37. The number of rotatable bonds is 2. The van der Waals surface area contributed by atoms with Crippen molar-refractivity contribution in [3.63, 3.8) is 0 Å². The molecule has 4 nitrogen and oxygen atoms in total. The Morgan fingerprint density at radius 2 is 2.06 bits per heavy atom. The Morgan fingerprint density at radius 1 is 1.39 bits per heavy atom. The monoisotopic (exact) mass is 244 g/mol. The Balaban J connectivity index is 2.06. The summed E-state index contributed by atoms with van der Waals surface area (Å²) in [6.45, 7) is 1.58. The van der Waals surface area contributed by atoms with Crippen LogP contribution in [0.15, 0.2) is 24.3 Å². The van der Waals surface area contributed by atoms with Gasteiger partial charge in [-0.1, -0.05) is 12.1 Å². The number of carbonyl (C=O) groups excluding carboxylic acids is 1. The van der Waals surface area contributed by atoms with Crippen molar-refractivity contribution >= 4 is 11.7 Å². The van der Waals surface area contributed by atoms with Crippen LogP contribution < -0.4 is 4.90 Å². The lowest BCUT2D eigenvalue weighted by atomic mass is 9.96. The normalized spacial score (nSPS) is 16.1. The zero-order valence-corrected chi connectivity index (χ0v) is 10.4. The highest BCUT2D eigenvalue weighted by Crippen LogP contribution is 2.26. The molecule has 0 bridgehead atoms. The quantitative estimate of drug-likeness (QED) is 0.746. The summed E-state index contributed by atoms with van der Waals surface area (Å²) in [6, 6.07) is 9.78. The minimum atomic E-state index is -0.122. The number of ether oxygens (including phenoxy) is 1. The molecular formula is C14H16N2O2. The molecule has 0 amide bonds. The van der Waals surface area contributed by atoms with Gasteiger partial charge >= 0.3 is 5.97 Å². The average molecular weight is 244 g/mol. The average Bonchev–Trinajstić information content (AvgIpc) is 2.46. The molecule has 18 heavy (non-hydrogen) atoms. The van der Waals surface area contributed by atoms with E-state index in [0.717, 1.165) is 31.6 Å². The minimum absolute atomic E-state index is 0.000461. The van der Waals surface area contributed by atoms with Crippen molar-refractivity contribution in [1.29, 1.82) is 5.26 Å². The van der Waals surface area contributed by atoms with Crippen LogP contribution in [0.5, 0.6) is 0 Å². The van der Waals surface area contributed by atoms with Gasteiger partial charge < -0.3 is 9.64 Å². The van der Waals surface area contributed by atoms with E-state index in [1.807, 2.05) is 24.3 Å². The lowest BCUT2D eigenvalue weighted by molar-refractivity contribution is -0.146. The van der Waals surface area contributed by atoms with Crippen LogP contribution in [0.3, 0.4) is 0 Å². The first kappa shape index (κ1) is 12.4. The molecule has 0 unspecified atom stereocenters. The van der Waals surface area contributed by atoms with Crippen LogP contribution in [0.2, 0.25) is 0 Å². The summed E-state index contributed by atoms with van der Waals surface area (Å²) >= 11 is 0. The number of hydrogen-bond acceptors (Lipinski definition) is 4. The van der Waals surface area contributed by atoms with E-state index in [1.165, 1.54) is 7.11 Å². The van der Waals surface area contributed by atoms with E-state index in [1.54, 1.807) is 0 Å². The molecule has 1 fully saturated rings. The third kappa shape index (κ3) is 2.45. The van der Waals surface area contributed by atoms with Crippen LogP contribution in [-0.2, 0) is 9.53 Å². The number of hydrogen-bond donors (Lipinski definition) is 0. The molecule has 0 atom stereocenters. The lowest BCUT2D eigenvalue weighted by Gasteiger charge is -2.32.